The molecule has 0 aliphatic carbocycles. The number of carbonyl (C=O) groups is 2. The Morgan fingerprint density at radius 3 is 2.36 bits per heavy atom. The summed E-state index contributed by atoms with van der Waals surface area (Å²) in [5.74, 6) is -0.224. The minimum absolute atomic E-state index is 0.0734. The molecule has 0 aliphatic heterocycles. The fourth-order valence-corrected chi connectivity index (χ4v) is 2.17. The van der Waals surface area contributed by atoms with E-state index < -0.39 is 0 Å². The second-order valence-electron chi connectivity index (χ2n) is 5.94. The first kappa shape index (κ1) is 18.5. The Hall–Kier alpha value is -2.88. The van der Waals surface area contributed by atoms with E-state index in [4.69, 9.17) is 0 Å². The van der Waals surface area contributed by atoms with Crippen molar-refractivity contribution in [2.45, 2.75) is 32.9 Å². The summed E-state index contributed by atoms with van der Waals surface area (Å²) >= 11 is 0. The maximum absolute atomic E-state index is 12.0. The highest BCUT2D eigenvalue weighted by atomic mass is 16.2. The summed E-state index contributed by atoms with van der Waals surface area (Å²) in [5.41, 5.74) is 2.55. The fraction of sp³-hybridized carbons (Fsp3) is 0.238. The van der Waals surface area contributed by atoms with Crippen LogP contribution >= 0.6 is 0 Å². The summed E-state index contributed by atoms with van der Waals surface area (Å²) in [6.07, 6.45) is 4.19. The third-order valence-electron chi connectivity index (χ3n) is 3.90. The molecule has 2 aromatic rings. The first-order chi connectivity index (χ1) is 12.1. The van der Waals surface area contributed by atoms with Gasteiger partial charge in [-0.3, -0.25) is 9.59 Å². The molecule has 0 saturated heterocycles. The quantitative estimate of drug-likeness (QED) is 0.760. The molecule has 0 radical (unpaired) electrons. The van der Waals surface area contributed by atoms with E-state index in [1.54, 1.807) is 18.2 Å². The van der Waals surface area contributed by atoms with Gasteiger partial charge in [0.05, 0.1) is 0 Å². The molecule has 0 heterocycles. The van der Waals surface area contributed by atoms with Gasteiger partial charge in [-0.25, -0.2) is 0 Å². The molecule has 4 heteroatoms. The van der Waals surface area contributed by atoms with Gasteiger partial charge in [0.25, 0.3) is 5.91 Å². The molecule has 2 aromatic carbocycles. The molecule has 0 spiro atoms. The maximum atomic E-state index is 12.0. The minimum atomic E-state index is -0.151. The van der Waals surface area contributed by atoms with E-state index in [0.717, 1.165) is 17.5 Å². The lowest BCUT2D eigenvalue weighted by molar-refractivity contribution is -0.116. The Labute approximate surface area is 149 Å². The number of amides is 2. The van der Waals surface area contributed by atoms with Crippen LogP contribution in [0.4, 0.5) is 0 Å². The van der Waals surface area contributed by atoms with Crippen LogP contribution in [0.3, 0.4) is 0 Å². The molecule has 1 atom stereocenters. The van der Waals surface area contributed by atoms with E-state index in [1.165, 1.54) is 6.08 Å². The molecule has 0 bridgehead atoms. The Kier molecular flexibility index (Phi) is 6.96. The molecule has 2 N–H and O–H groups in total. The first-order valence-electron chi connectivity index (χ1n) is 8.49. The molecular formula is C21H24N2O2. The molecule has 1 unspecified atom stereocenters. The summed E-state index contributed by atoms with van der Waals surface area (Å²) in [7, 11) is 0. The highest BCUT2D eigenvalue weighted by Gasteiger charge is 2.08. The summed E-state index contributed by atoms with van der Waals surface area (Å²) in [6.45, 7) is 4.43. The molecule has 0 fully saturated rings. The Bertz CT molecular complexity index is 721. The van der Waals surface area contributed by atoms with E-state index in [0.29, 0.717) is 12.1 Å². The highest BCUT2D eigenvalue weighted by Crippen LogP contribution is 2.06. The monoisotopic (exact) mass is 336 g/mol. The lowest BCUT2D eigenvalue weighted by atomic mass is 10.1. The third-order valence-corrected chi connectivity index (χ3v) is 3.90. The van der Waals surface area contributed by atoms with Gasteiger partial charge in [-0.1, -0.05) is 49.4 Å². The zero-order valence-electron chi connectivity index (χ0n) is 14.7. The van der Waals surface area contributed by atoms with Crippen LogP contribution in [0.15, 0.2) is 60.7 Å². The zero-order valence-corrected chi connectivity index (χ0v) is 14.7. The number of hydrogen-bond donors (Lipinski definition) is 2. The summed E-state index contributed by atoms with van der Waals surface area (Å²) in [6, 6.07) is 17.1. The molecule has 2 rings (SSSR count). The molecular weight excluding hydrogens is 312 g/mol. The van der Waals surface area contributed by atoms with Crippen LogP contribution in [0.1, 0.15) is 41.8 Å². The summed E-state index contributed by atoms with van der Waals surface area (Å²) in [5, 5.41) is 5.76. The van der Waals surface area contributed by atoms with Crippen LogP contribution in [-0.2, 0) is 11.3 Å². The second-order valence-corrected chi connectivity index (χ2v) is 5.94. The van der Waals surface area contributed by atoms with Gasteiger partial charge in [0.15, 0.2) is 0 Å². The lowest BCUT2D eigenvalue weighted by Crippen LogP contribution is -2.31. The fourth-order valence-electron chi connectivity index (χ4n) is 2.17. The predicted octanol–water partition coefficient (Wildman–Crippen LogP) is 3.54. The van der Waals surface area contributed by atoms with E-state index in [-0.39, 0.29) is 17.9 Å². The highest BCUT2D eigenvalue weighted by molar-refractivity contribution is 5.94. The number of benzene rings is 2. The van der Waals surface area contributed by atoms with Gasteiger partial charge in [-0.2, -0.15) is 0 Å². The summed E-state index contributed by atoms with van der Waals surface area (Å²) in [4.78, 5) is 23.9. The van der Waals surface area contributed by atoms with Crippen LogP contribution < -0.4 is 10.6 Å². The van der Waals surface area contributed by atoms with Gasteiger partial charge in [0, 0.05) is 24.2 Å². The normalized spacial score (nSPS) is 11.9. The van der Waals surface area contributed by atoms with Crippen LogP contribution in [-0.4, -0.2) is 17.9 Å². The van der Waals surface area contributed by atoms with Crippen molar-refractivity contribution in [3.8, 4) is 0 Å². The number of hydrogen-bond acceptors (Lipinski definition) is 2. The van der Waals surface area contributed by atoms with Crippen LogP contribution in [0.2, 0.25) is 0 Å². The molecule has 25 heavy (non-hydrogen) atoms. The second kappa shape index (κ2) is 9.42. The predicted molar refractivity (Wildman–Crippen MR) is 101 cm³/mol. The van der Waals surface area contributed by atoms with Gasteiger partial charge in [0.2, 0.25) is 5.91 Å². The lowest BCUT2D eigenvalue weighted by Gasteiger charge is -2.11. The smallest absolute Gasteiger partial charge is 0.251 e. The Morgan fingerprint density at radius 2 is 1.72 bits per heavy atom. The van der Waals surface area contributed by atoms with Crippen molar-refractivity contribution < 1.29 is 9.59 Å². The van der Waals surface area contributed by atoms with Crippen LogP contribution in [0, 0.1) is 0 Å². The van der Waals surface area contributed by atoms with Crippen molar-refractivity contribution in [3.63, 3.8) is 0 Å². The number of nitrogens with one attached hydrogen (secondary N) is 2. The number of rotatable bonds is 7. The van der Waals surface area contributed by atoms with Gasteiger partial charge >= 0.3 is 0 Å². The zero-order chi connectivity index (χ0) is 18.1. The molecule has 2 amide bonds. The van der Waals surface area contributed by atoms with Gasteiger partial charge < -0.3 is 10.6 Å². The first-order valence-corrected chi connectivity index (χ1v) is 8.49. The molecule has 0 saturated carbocycles. The van der Waals surface area contributed by atoms with Crippen molar-refractivity contribution in [1.29, 1.82) is 0 Å². The van der Waals surface area contributed by atoms with Crippen molar-refractivity contribution >= 4 is 17.9 Å². The van der Waals surface area contributed by atoms with Crippen molar-refractivity contribution in [3.05, 3.63) is 77.4 Å². The van der Waals surface area contributed by atoms with Gasteiger partial charge in [-0.15, -0.1) is 0 Å². The average Bonchev–Trinajstić information content (AvgIpc) is 2.65. The number of carbonyl (C=O) groups excluding carboxylic acids is 2. The third kappa shape index (κ3) is 6.26. The average molecular weight is 336 g/mol. The van der Waals surface area contributed by atoms with Crippen molar-refractivity contribution in [1.82, 2.24) is 10.6 Å². The van der Waals surface area contributed by atoms with Gasteiger partial charge in [0.1, 0.15) is 0 Å². The van der Waals surface area contributed by atoms with E-state index >= 15 is 0 Å². The Morgan fingerprint density at radius 1 is 1.04 bits per heavy atom. The van der Waals surface area contributed by atoms with E-state index in [2.05, 4.69) is 10.6 Å². The summed E-state index contributed by atoms with van der Waals surface area (Å²) < 4.78 is 0. The molecule has 0 aromatic heterocycles. The van der Waals surface area contributed by atoms with Crippen LogP contribution in [0.25, 0.3) is 6.08 Å². The van der Waals surface area contributed by atoms with E-state index in [9.17, 15) is 9.59 Å². The van der Waals surface area contributed by atoms with E-state index in [1.807, 2.05) is 56.3 Å². The molecule has 0 aliphatic rings. The Balaban J connectivity index is 1.84. The van der Waals surface area contributed by atoms with Crippen LogP contribution in [0.5, 0.6) is 0 Å². The maximum Gasteiger partial charge on any atom is 0.251 e. The molecule has 4 nitrogen and oxygen atoms in total. The SMILES string of the molecule is CCC(C)NC(=O)c1ccc(CNC(=O)/C=C/c2ccccc2)cc1. The minimum Gasteiger partial charge on any atom is -0.350 e. The van der Waals surface area contributed by atoms with Crippen molar-refractivity contribution in [2.75, 3.05) is 0 Å². The molecule has 130 valence electrons. The largest absolute Gasteiger partial charge is 0.350 e. The van der Waals surface area contributed by atoms with Gasteiger partial charge in [-0.05, 0) is 42.7 Å². The standard InChI is InChI=1S/C21H24N2O2/c1-3-16(2)23-21(25)19-12-9-18(10-13-19)15-22-20(24)14-11-17-7-5-4-6-8-17/h4-14,16H,3,15H2,1-2H3,(H,22,24)(H,23,25)/b14-11+. The topological polar surface area (TPSA) is 58.2 Å². The van der Waals surface area contributed by atoms with Crippen molar-refractivity contribution in [2.24, 2.45) is 0 Å².